The number of hydrogen-bond acceptors (Lipinski definition) is 5. The molecular weight excluding hydrogens is 372 g/mol. The number of carbonyl (C=O) groups excluding carboxylic acids is 1. The first-order valence-electron chi connectivity index (χ1n) is 8.70. The number of nitrogens with zero attached hydrogens (tertiary/aromatic N) is 2. The van der Waals surface area contributed by atoms with Crippen LogP contribution in [0.3, 0.4) is 0 Å². The van der Waals surface area contributed by atoms with Crippen molar-refractivity contribution in [1.29, 1.82) is 0 Å². The Labute approximate surface area is 166 Å². The molecular formula is C21H18N4O4. The molecule has 0 radical (unpaired) electrons. The smallest absolute Gasteiger partial charge is 0.269 e. The Hall–Kier alpha value is -4.20. The number of carbonyl (C=O) groups is 1. The van der Waals surface area contributed by atoms with E-state index in [0.717, 1.165) is 5.56 Å². The summed E-state index contributed by atoms with van der Waals surface area (Å²) in [6.07, 6.45) is 4.31. The number of nitro benzene ring substituents is 1. The number of nitrogens with two attached hydrogens (primary N) is 1. The van der Waals surface area contributed by atoms with Gasteiger partial charge in [0.25, 0.3) is 11.2 Å². The van der Waals surface area contributed by atoms with Crippen LogP contribution in [0.4, 0.5) is 17.1 Å². The van der Waals surface area contributed by atoms with Crippen LogP contribution in [0.25, 0.3) is 6.08 Å². The van der Waals surface area contributed by atoms with E-state index in [1.807, 2.05) is 0 Å². The predicted molar refractivity (Wildman–Crippen MR) is 111 cm³/mol. The summed E-state index contributed by atoms with van der Waals surface area (Å²) in [5, 5.41) is 13.4. The third-order valence-corrected chi connectivity index (χ3v) is 4.18. The van der Waals surface area contributed by atoms with Crippen molar-refractivity contribution >= 4 is 29.0 Å². The van der Waals surface area contributed by atoms with E-state index in [2.05, 4.69) is 5.32 Å². The number of hydrogen-bond donors (Lipinski definition) is 2. The minimum Gasteiger partial charge on any atom is -0.397 e. The highest BCUT2D eigenvalue weighted by Gasteiger charge is 2.07. The summed E-state index contributed by atoms with van der Waals surface area (Å²) in [5.41, 5.74) is 7.52. The monoisotopic (exact) mass is 390 g/mol. The Morgan fingerprint density at radius 1 is 1.10 bits per heavy atom. The fourth-order valence-electron chi connectivity index (χ4n) is 2.68. The summed E-state index contributed by atoms with van der Waals surface area (Å²) in [4.78, 5) is 35.0. The Kier molecular flexibility index (Phi) is 5.84. The summed E-state index contributed by atoms with van der Waals surface area (Å²) in [5.74, 6) is -0.409. The molecule has 3 rings (SSSR count). The molecule has 0 unspecified atom stereocenters. The summed E-state index contributed by atoms with van der Waals surface area (Å²) >= 11 is 0. The van der Waals surface area contributed by atoms with E-state index in [0.29, 0.717) is 16.9 Å². The molecule has 1 aromatic heterocycles. The first-order valence-corrected chi connectivity index (χ1v) is 8.70. The molecule has 0 bridgehead atoms. The summed E-state index contributed by atoms with van der Waals surface area (Å²) in [6.45, 7) is 0.255. The van der Waals surface area contributed by atoms with E-state index in [1.54, 1.807) is 54.7 Å². The van der Waals surface area contributed by atoms with Crippen molar-refractivity contribution in [3.05, 3.63) is 105 Å². The number of non-ortho nitro benzene ring substituents is 1. The molecule has 0 aliphatic carbocycles. The van der Waals surface area contributed by atoms with Crippen LogP contribution >= 0.6 is 0 Å². The topological polar surface area (TPSA) is 120 Å². The van der Waals surface area contributed by atoms with Crippen molar-refractivity contribution in [3.63, 3.8) is 0 Å². The normalized spacial score (nSPS) is 10.8. The van der Waals surface area contributed by atoms with Crippen LogP contribution in [0.1, 0.15) is 11.1 Å². The molecule has 8 nitrogen and oxygen atoms in total. The number of nitrogens with one attached hydrogen (secondary N) is 1. The lowest BCUT2D eigenvalue weighted by Gasteiger charge is -2.07. The Bertz CT molecular complexity index is 1130. The number of para-hydroxylation sites is 2. The van der Waals surface area contributed by atoms with Crippen LogP contribution in [-0.4, -0.2) is 15.4 Å². The van der Waals surface area contributed by atoms with Gasteiger partial charge < -0.3 is 15.6 Å². The van der Waals surface area contributed by atoms with Gasteiger partial charge in [0, 0.05) is 30.0 Å². The zero-order valence-corrected chi connectivity index (χ0v) is 15.3. The number of pyridine rings is 1. The molecule has 0 atom stereocenters. The van der Waals surface area contributed by atoms with Crippen molar-refractivity contribution in [2.75, 3.05) is 11.1 Å². The molecule has 0 aliphatic rings. The summed E-state index contributed by atoms with van der Waals surface area (Å²) in [7, 11) is 0. The Morgan fingerprint density at radius 3 is 2.52 bits per heavy atom. The van der Waals surface area contributed by atoms with Gasteiger partial charge in [0.05, 0.1) is 22.8 Å². The van der Waals surface area contributed by atoms with Gasteiger partial charge in [-0.1, -0.05) is 24.3 Å². The Balaban J connectivity index is 1.73. The van der Waals surface area contributed by atoms with Gasteiger partial charge in [-0.3, -0.25) is 19.7 Å². The van der Waals surface area contributed by atoms with Crippen LogP contribution in [-0.2, 0) is 11.3 Å². The van der Waals surface area contributed by atoms with Gasteiger partial charge in [-0.15, -0.1) is 0 Å². The molecule has 3 aromatic rings. The number of anilines is 2. The fraction of sp³-hybridized carbons (Fsp3) is 0.0476. The lowest BCUT2D eigenvalue weighted by molar-refractivity contribution is -0.384. The van der Waals surface area contributed by atoms with Crippen molar-refractivity contribution in [2.24, 2.45) is 0 Å². The number of rotatable bonds is 6. The summed E-state index contributed by atoms with van der Waals surface area (Å²) in [6, 6.07) is 16.2. The number of benzene rings is 2. The maximum absolute atomic E-state index is 12.6. The predicted octanol–water partition coefficient (Wildman–Crippen LogP) is 3.04. The van der Waals surface area contributed by atoms with Crippen molar-refractivity contribution in [2.45, 2.75) is 6.54 Å². The zero-order valence-electron chi connectivity index (χ0n) is 15.3. The van der Waals surface area contributed by atoms with Crippen LogP contribution < -0.4 is 16.6 Å². The van der Waals surface area contributed by atoms with Crippen molar-refractivity contribution in [1.82, 2.24) is 4.57 Å². The lowest BCUT2D eigenvalue weighted by atomic mass is 10.2. The van der Waals surface area contributed by atoms with Crippen LogP contribution in [0, 0.1) is 10.1 Å². The molecule has 29 heavy (non-hydrogen) atoms. The molecule has 1 heterocycles. The number of nitro groups is 1. The number of nitrogen functional groups attached to an aromatic ring is 1. The molecule has 146 valence electrons. The van der Waals surface area contributed by atoms with Gasteiger partial charge in [0.15, 0.2) is 0 Å². The van der Waals surface area contributed by atoms with E-state index in [4.69, 9.17) is 5.73 Å². The maximum Gasteiger partial charge on any atom is 0.269 e. The molecule has 0 saturated carbocycles. The molecule has 1 amide bonds. The summed E-state index contributed by atoms with van der Waals surface area (Å²) < 4.78 is 1.47. The second-order valence-corrected chi connectivity index (χ2v) is 6.23. The van der Waals surface area contributed by atoms with Crippen LogP contribution in [0.5, 0.6) is 0 Å². The van der Waals surface area contributed by atoms with E-state index >= 15 is 0 Å². The third kappa shape index (κ3) is 4.95. The molecule has 0 aliphatic heterocycles. The van der Waals surface area contributed by atoms with Gasteiger partial charge in [-0.05, 0) is 35.9 Å². The van der Waals surface area contributed by atoms with E-state index in [9.17, 15) is 19.7 Å². The minimum atomic E-state index is -0.477. The highest BCUT2D eigenvalue weighted by atomic mass is 16.6. The zero-order chi connectivity index (χ0) is 20.8. The number of aromatic nitrogens is 1. The highest BCUT2D eigenvalue weighted by molar-refractivity contribution is 6.03. The highest BCUT2D eigenvalue weighted by Crippen LogP contribution is 2.16. The average Bonchev–Trinajstić information content (AvgIpc) is 2.71. The van der Waals surface area contributed by atoms with E-state index < -0.39 is 10.8 Å². The van der Waals surface area contributed by atoms with Gasteiger partial charge in [-0.25, -0.2) is 0 Å². The van der Waals surface area contributed by atoms with Crippen molar-refractivity contribution in [3.8, 4) is 0 Å². The SMILES string of the molecule is Nc1ccccc1NC(=O)/C=C/c1cccn(Cc2ccc([N+](=O)[O-])cc2)c1=O. The van der Waals surface area contributed by atoms with Crippen LogP contribution in [0.2, 0.25) is 0 Å². The van der Waals surface area contributed by atoms with Gasteiger partial charge >= 0.3 is 0 Å². The van der Waals surface area contributed by atoms with E-state index in [1.165, 1.54) is 28.9 Å². The minimum absolute atomic E-state index is 0.0113. The largest absolute Gasteiger partial charge is 0.397 e. The van der Waals surface area contributed by atoms with Gasteiger partial charge in [-0.2, -0.15) is 0 Å². The second-order valence-electron chi connectivity index (χ2n) is 6.23. The second kappa shape index (κ2) is 8.66. The number of amides is 1. The first-order chi connectivity index (χ1) is 13.9. The van der Waals surface area contributed by atoms with Gasteiger partial charge in [0.2, 0.25) is 5.91 Å². The standard InChI is InChI=1S/C21H18N4O4/c22-18-5-1-2-6-19(18)23-20(26)12-9-16-4-3-13-24(21(16)27)14-15-7-10-17(11-8-15)25(28)29/h1-13H,14,22H2,(H,23,26)/b12-9+. The molecule has 2 aromatic carbocycles. The average molecular weight is 390 g/mol. The molecule has 3 N–H and O–H groups in total. The Morgan fingerprint density at radius 2 is 1.83 bits per heavy atom. The molecule has 0 spiro atoms. The van der Waals surface area contributed by atoms with Crippen LogP contribution in [0.15, 0.2) is 77.7 Å². The van der Waals surface area contributed by atoms with E-state index in [-0.39, 0.29) is 17.8 Å². The first kappa shape index (κ1) is 19.6. The van der Waals surface area contributed by atoms with Gasteiger partial charge in [0.1, 0.15) is 0 Å². The molecule has 0 saturated heterocycles. The quantitative estimate of drug-likeness (QED) is 0.290. The van der Waals surface area contributed by atoms with Crippen molar-refractivity contribution < 1.29 is 9.72 Å². The fourth-order valence-corrected chi connectivity index (χ4v) is 2.68. The molecule has 8 heteroatoms. The molecule has 0 fully saturated rings. The lowest BCUT2D eigenvalue weighted by Crippen LogP contribution is -2.22. The third-order valence-electron chi connectivity index (χ3n) is 4.18. The maximum atomic E-state index is 12.6.